The standard InChI is InChI=1S/C12H19NO2/c1-5-11(13-2)10-8-9(14-3)6-7-12(10)15-4/h6-8,11,13H,5H2,1-4H3. The van der Waals surface area contributed by atoms with Gasteiger partial charge in [-0.05, 0) is 31.7 Å². The molecule has 84 valence electrons. The van der Waals surface area contributed by atoms with Crippen LogP contribution in [0.1, 0.15) is 24.9 Å². The summed E-state index contributed by atoms with van der Waals surface area (Å²) in [6.45, 7) is 2.14. The van der Waals surface area contributed by atoms with E-state index in [1.165, 1.54) is 0 Å². The van der Waals surface area contributed by atoms with Crippen LogP contribution in [0.5, 0.6) is 11.5 Å². The van der Waals surface area contributed by atoms with Crippen molar-refractivity contribution in [2.45, 2.75) is 19.4 Å². The Bertz CT molecular complexity index is 308. The zero-order valence-electron chi connectivity index (χ0n) is 9.83. The van der Waals surface area contributed by atoms with Gasteiger partial charge in [0, 0.05) is 11.6 Å². The van der Waals surface area contributed by atoms with Crippen LogP contribution >= 0.6 is 0 Å². The lowest BCUT2D eigenvalue weighted by Gasteiger charge is -2.18. The molecule has 0 spiro atoms. The molecule has 15 heavy (non-hydrogen) atoms. The first-order valence-electron chi connectivity index (χ1n) is 5.16. The molecule has 3 nitrogen and oxygen atoms in total. The molecule has 0 aliphatic carbocycles. The summed E-state index contributed by atoms with van der Waals surface area (Å²) in [5.41, 5.74) is 1.14. The molecule has 0 bridgehead atoms. The van der Waals surface area contributed by atoms with Gasteiger partial charge in [0.25, 0.3) is 0 Å². The smallest absolute Gasteiger partial charge is 0.123 e. The van der Waals surface area contributed by atoms with Crippen molar-refractivity contribution in [2.75, 3.05) is 21.3 Å². The molecule has 1 atom stereocenters. The second kappa shape index (κ2) is 5.61. The van der Waals surface area contributed by atoms with Crippen LogP contribution < -0.4 is 14.8 Å². The fourth-order valence-corrected chi connectivity index (χ4v) is 1.69. The van der Waals surface area contributed by atoms with Gasteiger partial charge in [-0.15, -0.1) is 0 Å². The molecular formula is C12H19NO2. The van der Waals surface area contributed by atoms with E-state index in [0.29, 0.717) is 6.04 Å². The van der Waals surface area contributed by atoms with Gasteiger partial charge in [-0.25, -0.2) is 0 Å². The lowest BCUT2D eigenvalue weighted by Crippen LogP contribution is -2.16. The monoisotopic (exact) mass is 209 g/mol. The van der Waals surface area contributed by atoms with Gasteiger partial charge in [-0.3, -0.25) is 0 Å². The molecule has 1 N–H and O–H groups in total. The van der Waals surface area contributed by atoms with Crippen molar-refractivity contribution in [3.63, 3.8) is 0 Å². The van der Waals surface area contributed by atoms with Gasteiger partial charge >= 0.3 is 0 Å². The van der Waals surface area contributed by atoms with Crippen molar-refractivity contribution in [3.05, 3.63) is 23.8 Å². The van der Waals surface area contributed by atoms with Gasteiger partial charge in [0.1, 0.15) is 11.5 Å². The number of ether oxygens (including phenoxy) is 2. The van der Waals surface area contributed by atoms with Crippen LogP contribution in [-0.2, 0) is 0 Å². The Morgan fingerprint density at radius 2 is 2.00 bits per heavy atom. The molecule has 1 unspecified atom stereocenters. The molecule has 0 heterocycles. The summed E-state index contributed by atoms with van der Waals surface area (Å²) in [5.74, 6) is 1.76. The molecule has 0 saturated carbocycles. The van der Waals surface area contributed by atoms with E-state index < -0.39 is 0 Å². The van der Waals surface area contributed by atoms with Gasteiger partial charge in [-0.1, -0.05) is 6.92 Å². The largest absolute Gasteiger partial charge is 0.497 e. The van der Waals surface area contributed by atoms with Crippen molar-refractivity contribution in [3.8, 4) is 11.5 Å². The van der Waals surface area contributed by atoms with Crippen molar-refractivity contribution >= 4 is 0 Å². The van der Waals surface area contributed by atoms with Crippen LogP contribution in [0.2, 0.25) is 0 Å². The lowest BCUT2D eigenvalue weighted by atomic mass is 10.0. The average Bonchev–Trinajstić information content (AvgIpc) is 2.30. The number of hydrogen-bond acceptors (Lipinski definition) is 3. The summed E-state index contributed by atoms with van der Waals surface area (Å²) in [6, 6.07) is 6.16. The second-order valence-corrected chi connectivity index (χ2v) is 3.36. The molecule has 0 saturated heterocycles. The third kappa shape index (κ3) is 2.63. The predicted octanol–water partition coefficient (Wildman–Crippen LogP) is 2.37. The highest BCUT2D eigenvalue weighted by atomic mass is 16.5. The number of rotatable bonds is 5. The summed E-state index contributed by atoms with van der Waals surface area (Å²) in [5, 5.41) is 3.26. The number of methoxy groups -OCH3 is 2. The van der Waals surface area contributed by atoms with E-state index in [9.17, 15) is 0 Å². The van der Waals surface area contributed by atoms with Gasteiger partial charge in [-0.2, -0.15) is 0 Å². The molecule has 0 radical (unpaired) electrons. The number of benzene rings is 1. The van der Waals surface area contributed by atoms with Crippen LogP contribution in [0.3, 0.4) is 0 Å². The van der Waals surface area contributed by atoms with Crippen molar-refractivity contribution in [2.24, 2.45) is 0 Å². The van der Waals surface area contributed by atoms with E-state index in [2.05, 4.69) is 12.2 Å². The first-order chi connectivity index (χ1) is 7.26. The summed E-state index contributed by atoms with van der Waals surface area (Å²) >= 11 is 0. The average molecular weight is 209 g/mol. The van der Waals surface area contributed by atoms with Gasteiger partial charge in [0.2, 0.25) is 0 Å². The first kappa shape index (κ1) is 11.9. The van der Waals surface area contributed by atoms with Gasteiger partial charge in [0.05, 0.1) is 14.2 Å². The lowest BCUT2D eigenvalue weighted by molar-refractivity contribution is 0.390. The second-order valence-electron chi connectivity index (χ2n) is 3.36. The van der Waals surface area contributed by atoms with Crippen molar-refractivity contribution in [1.29, 1.82) is 0 Å². The molecule has 1 aromatic rings. The maximum Gasteiger partial charge on any atom is 0.123 e. The highest BCUT2D eigenvalue weighted by Gasteiger charge is 2.13. The third-order valence-electron chi connectivity index (χ3n) is 2.57. The topological polar surface area (TPSA) is 30.5 Å². The number of nitrogens with one attached hydrogen (secondary N) is 1. The highest BCUT2D eigenvalue weighted by Crippen LogP contribution is 2.30. The molecular weight excluding hydrogens is 190 g/mol. The zero-order valence-corrected chi connectivity index (χ0v) is 9.83. The van der Waals surface area contributed by atoms with Crippen LogP contribution in [0, 0.1) is 0 Å². The minimum absolute atomic E-state index is 0.301. The highest BCUT2D eigenvalue weighted by molar-refractivity contribution is 5.42. The normalized spacial score (nSPS) is 12.3. The molecule has 0 fully saturated rings. The Labute approximate surface area is 91.4 Å². The first-order valence-corrected chi connectivity index (χ1v) is 5.16. The molecule has 0 aromatic heterocycles. The fourth-order valence-electron chi connectivity index (χ4n) is 1.69. The Morgan fingerprint density at radius 1 is 1.27 bits per heavy atom. The molecule has 3 heteroatoms. The van der Waals surface area contributed by atoms with E-state index >= 15 is 0 Å². The molecule has 0 aliphatic rings. The van der Waals surface area contributed by atoms with Crippen LogP contribution in [0.25, 0.3) is 0 Å². The van der Waals surface area contributed by atoms with Crippen molar-refractivity contribution < 1.29 is 9.47 Å². The Balaban J connectivity index is 3.09. The fraction of sp³-hybridized carbons (Fsp3) is 0.500. The Morgan fingerprint density at radius 3 is 2.47 bits per heavy atom. The number of hydrogen-bond donors (Lipinski definition) is 1. The molecule has 0 amide bonds. The van der Waals surface area contributed by atoms with E-state index in [-0.39, 0.29) is 0 Å². The maximum absolute atomic E-state index is 5.33. The van der Waals surface area contributed by atoms with E-state index in [0.717, 1.165) is 23.5 Å². The quantitative estimate of drug-likeness (QED) is 0.807. The summed E-state index contributed by atoms with van der Waals surface area (Å²) in [4.78, 5) is 0. The van der Waals surface area contributed by atoms with Gasteiger partial charge < -0.3 is 14.8 Å². The third-order valence-corrected chi connectivity index (χ3v) is 2.57. The summed E-state index contributed by atoms with van der Waals surface area (Å²) in [6.07, 6.45) is 1.01. The molecule has 1 aromatic carbocycles. The Hall–Kier alpha value is -1.22. The zero-order chi connectivity index (χ0) is 11.3. The molecule has 0 aliphatic heterocycles. The minimum Gasteiger partial charge on any atom is -0.497 e. The summed E-state index contributed by atoms with van der Waals surface area (Å²) in [7, 11) is 5.31. The van der Waals surface area contributed by atoms with Crippen molar-refractivity contribution in [1.82, 2.24) is 5.32 Å². The van der Waals surface area contributed by atoms with E-state index in [1.807, 2.05) is 25.2 Å². The molecule has 1 rings (SSSR count). The van der Waals surface area contributed by atoms with E-state index in [1.54, 1.807) is 14.2 Å². The predicted molar refractivity (Wildman–Crippen MR) is 61.6 cm³/mol. The summed E-state index contributed by atoms with van der Waals surface area (Å²) < 4.78 is 10.5. The van der Waals surface area contributed by atoms with E-state index in [4.69, 9.17) is 9.47 Å². The van der Waals surface area contributed by atoms with Crippen LogP contribution in [-0.4, -0.2) is 21.3 Å². The van der Waals surface area contributed by atoms with Crippen LogP contribution in [0.15, 0.2) is 18.2 Å². The Kier molecular flexibility index (Phi) is 4.43. The van der Waals surface area contributed by atoms with Gasteiger partial charge in [0.15, 0.2) is 0 Å². The van der Waals surface area contributed by atoms with Crippen LogP contribution in [0.4, 0.5) is 0 Å². The SMILES string of the molecule is CCC(NC)c1cc(OC)ccc1OC. The minimum atomic E-state index is 0.301. The maximum atomic E-state index is 5.33.